The van der Waals surface area contributed by atoms with E-state index >= 15 is 0 Å². The summed E-state index contributed by atoms with van der Waals surface area (Å²) in [7, 11) is 1.82. The molecule has 0 radical (unpaired) electrons. The summed E-state index contributed by atoms with van der Waals surface area (Å²) >= 11 is 0. The zero-order chi connectivity index (χ0) is 12.8. The van der Waals surface area contributed by atoms with E-state index in [1.165, 1.54) is 24.8 Å². The molecule has 18 heavy (non-hydrogen) atoms. The Morgan fingerprint density at radius 1 is 1.28 bits per heavy atom. The standard InChI is InChI=1S/C15H24N2O/c1-18-15-6-2-5-14(15)17-11-3-4-12-7-9-13(16)10-8-12/h7-10,14-15,17H,2-6,11,16H2,1H3. The number of nitrogens with two attached hydrogens (primary N) is 1. The fourth-order valence-electron chi connectivity index (χ4n) is 2.71. The third-order valence-corrected chi connectivity index (χ3v) is 3.78. The summed E-state index contributed by atoms with van der Waals surface area (Å²) in [6, 6.07) is 8.73. The van der Waals surface area contributed by atoms with Gasteiger partial charge >= 0.3 is 0 Å². The van der Waals surface area contributed by atoms with Crippen molar-refractivity contribution in [3.05, 3.63) is 29.8 Å². The Morgan fingerprint density at radius 3 is 2.78 bits per heavy atom. The molecule has 2 unspecified atom stereocenters. The van der Waals surface area contributed by atoms with Gasteiger partial charge in [0.05, 0.1) is 6.10 Å². The van der Waals surface area contributed by atoms with Crippen LogP contribution in [0.1, 0.15) is 31.2 Å². The summed E-state index contributed by atoms with van der Waals surface area (Å²) in [5, 5.41) is 3.61. The predicted molar refractivity (Wildman–Crippen MR) is 75.6 cm³/mol. The van der Waals surface area contributed by atoms with Crippen molar-refractivity contribution in [2.24, 2.45) is 0 Å². The van der Waals surface area contributed by atoms with Crippen LogP contribution in [0, 0.1) is 0 Å². The molecule has 0 amide bonds. The molecule has 0 heterocycles. The molecule has 1 saturated carbocycles. The van der Waals surface area contributed by atoms with Crippen molar-refractivity contribution in [1.82, 2.24) is 5.32 Å². The van der Waals surface area contributed by atoms with Crippen LogP contribution in [0.4, 0.5) is 5.69 Å². The van der Waals surface area contributed by atoms with Gasteiger partial charge in [0.25, 0.3) is 0 Å². The number of benzene rings is 1. The average molecular weight is 248 g/mol. The van der Waals surface area contributed by atoms with Gasteiger partial charge in [-0.3, -0.25) is 0 Å². The number of nitrogen functional groups attached to an aromatic ring is 1. The first kappa shape index (κ1) is 13.4. The second kappa shape index (κ2) is 6.76. The molecular weight excluding hydrogens is 224 g/mol. The van der Waals surface area contributed by atoms with E-state index in [1.54, 1.807) is 0 Å². The first-order valence-corrected chi connectivity index (χ1v) is 6.90. The predicted octanol–water partition coefficient (Wildman–Crippen LogP) is 2.36. The van der Waals surface area contributed by atoms with Gasteiger partial charge in [-0.2, -0.15) is 0 Å². The second-order valence-corrected chi connectivity index (χ2v) is 5.11. The van der Waals surface area contributed by atoms with Crippen molar-refractivity contribution in [3.63, 3.8) is 0 Å². The molecule has 2 rings (SSSR count). The number of aryl methyl sites for hydroxylation is 1. The van der Waals surface area contributed by atoms with E-state index in [9.17, 15) is 0 Å². The van der Waals surface area contributed by atoms with Gasteiger partial charge in [0.15, 0.2) is 0 Å². The molecule has 1 aliphatic rings. The van der Waals surface area contributed by atoms with Crippen LogP contribution in [0.25, 0.3) is 0 Å². The zero-order valence-corrected chi connectivity index (χ0v) is 11.2. The van der Waals surface area contributed by atoms with Crippen LogP contribution >= 0.6 is 0 Å². The highest BCUT2D eigenvalue weighted by atomic mass is 16.5. The van der Waals surface area contributed by atoms with E-state index in [2.05, 4.69) is 17.4 Å². The summed E-state index contributed by atoms with van der Waals surface area (Å²) in [5.74, 6) is 0. The quantitative estimate of drug-likeness (QED) is 0.600. The molecular formula is C15H24N2O. The van der Waals surface area contributed by atoms with Crippen molar-refractivity contribution >= 4 is 5.69 Å². The second-order valence-electron chi connectivity index (χ2n) is 5.11. The van der Waals surface area contributed by atoms with Crippen molar-refractivity contribution in [3.8, 4) is 0 Å². The van der Waals surface area contributed by atoms with Gasteiger partial charge in [-0.25, -0.2) is 0 Å². The lowest BCUT2D eigenvalue weighted by atomic mass is 10.1. The molecule has 0 saturated heterocycles. The van der Waals surface area contributed by atoms with Crippen molar-refractivity contribution < 1.29 is 4.74 Å². The molecule has 0 aromatic heterocycles. The molecule has 1 aromatic rings. The third kappa shape index (κ3) is 3.72. The summed E-state index contributed by atoms with van der Waals surface area (Å²) in [6.45, 7) is 1.06. The van der Waals surface area contributed by atoms with Crippen molar-refractivity contribution in [2.75, 3.05) is 19.4 Å². The Kier molecular flexibility index (Phi) is 5.02. The van der Waals surface area contributed by atoms with Gasteiger partial charge < -0.3 is 15.8 Å². The van der Waals surface area contributed by atoms with Crippen LogP contribution in [0.5, 0.6) is 0 Å². The van der Waals surface area contributed by atoms with Crippen LogP contribution in [0.15, 0.2) is 24.3 Å². The van der Waals surface area contributed by atoms with E-state index in [0.29, 0.717) is 12.1 Å². The minimum atomic E-state index is 0.418. The molecule has 0 spiro atoms. The van der Waals surface area contributed by atoms with E-state index in [4.69, 9.17) is 10.5 Å². The molecule has 1 aliphatic carbocycles. The Morgan fingerprint density at radius 2 is 2.06 bits per heavy atom. The smallest absolute Gasteiger partial charge is 0.0724 e. The van der Waals surface area contributed by atoms with Gasteiger partial charge in [0.2, 0.25) is 0 Å². The van der Waals surface area contributed by atoms with Crippen LogP contribution < -0.4 is 11.1 Å². The molecule has 3 N–H and O–H groups in total. The fourth-order valence-corrected chi connectivity index (χ4v) is 2.71. The fraction of sp³-hybridized carbons (Fsp3) is 0.600. The largest absolute Gasteiger partial charge is 0.399 e. The number of rotatable bonds is 6. The van der Waals surface area contributed by atoms with Gasteiger partial charge in [-0.05, 0) is 56.3 Å². The number of ether oxygens (including phenoxy) is 1. The molecule has 100 valence electrons. The molecule has 3 nitrogen and oxygen atoms in total. The van der Waals surface area contributed by atoms with Crippen LogP contribution in [-0.2, 0) is 11.2 Å². The highest BCUT2D eigenvalue weighted by molar-refractivity contribution is 5.39. The Hall–Kier alpha value is -1.06. The van der Waals surface area contributed by atoms with Crippen LogP contribution in [-0.4, -0.2) is 25.8 Å². The van der Waals surface area contributed by atoms with Crippen molar-refractivity contribution in [2.45, 2.75) is 44.2 Å². The van der Waals surface area contributed by atoms with Gasteiger partial charge in [0.1, 0.15) is 0 Å². The first-order valence-electron chi connectivity index (χ1n) is 6.90. The zero-order valence-electron chi connectivity index (χ0n) is 11.2. The summed E-state index contributed by atoms with van der Waals surface area (Å²) in [5.41, 5.74) is 7.87. The van der Waals surface area contributed by atoms with Crippen LogP contribution in [0.2, 0.25) is 0 Å². The summed E-state index contributed by atoms with van der Waals surface area (Å²) < 4.78 is 5.48. The number of nitrogens with one attached hydrogen (secondary N) is 1. The number of hydrogen-bond donors (Lipinski definition) is 2. The summed E-state index contributed by atoms with van der Waals surface area (Å²) in [6.07, 6.45) is 6.43. The van der Waals surface area contributed by atoms with Gasteiger partial charge in [0, 0.05) is 18.8 Å². The highest BCUT2D eigenvalue weighted by Gasteiger charge is 2.25. The maximum absolute atomic E-state index is 5.67. The van der Waals surface area contributed by atoms with E-state index < -0.39 is 0 Å². The molecule has 1 aromatic carbocycles. The Bertz CT molecular complexity index is 350. The van der Waals surface area contributed by atoms with Gasteiger partial charge in [-0.1, -0.05) is 12.1 Å². The lowest BCUT2D eigenvalue weighted by Gasteiger charge is -2.19. The van der Waals surface area contributed by atoms with Gasteiger partial charge in [-0.15, -0.1) is 0 Å². The third-order valence-electron chi connectivity index (χ3n) is 3.78. The average Bonchev–Trinajstić information content (AvgIpc) is 2.84. The Labute approximate surface area is 110 Å². The highest BCUT2D eigenvalue weighted by Crippen LogP contribution is 2.21. The number of hydrogen-bond acceptors (Lipinski definition) is 3. The summed E-state index contributed by atoms with van der Waals surface area (Å²) in [4.78, 5) is 0. The topological polar surface area (TPSA) is 47.3 Å². The molecule has 0 aliphatic heterocycles. The molecule has 1 fully saturated rings. The number of methoxy groups -OCH3 is 1. The van der Waals surface area contributed by atoms with E-state index in [0.717, 1.165) is 25.1 Å². The molecule has 0 bridgehead atoms. The maximum atomic E-state index is 5.67. The van der Waals surface area contributed by atoms with E-state index in [-0.39, 0.29) is 0 Å². The number of anilines is 1. The monoisotopic (exact) mass is 248 g/mol. The van der Waals surface area contributed by atoms with E-state index in [1.807, 2.05) is 19.2 Å². The van der Waals surface area contributed by atoms with Crippen LogP contribution in [0.3, 0.4) is 0 Å². The molecule has 3 heteroatoms. The minimum absolute atomic E-state index is 0.418. The SMILES string of the molecule is COC1CCCC1NCCCc1ccc(N)cc1. The Balaban J connectivity index is 1.65. The lowest BCUT2D eigenvalue weighted by Crippen LogP contribution is -2.37. The maximum Gasteiger partial charge on any atom is 0.0724 e. The normalized spacial score (nSPS) is 23.4. The lowest BCUT2D eigenvalue weighted by molar-refractivity contribution is 0.0852. The van der Waals surface area contributed by atoms with Crippen molar-refractivity contribution in [1.29, 1.82) is 0 Å². The first-order chi connectivity index (χ1) is 8.79. The molecule has 2 atom stereocenters. The minimum Gasteiger partial charge on any atom is -0.399 e.